The number of aromatic nitrogens is 1. The summed E-state index contributed by atoms with van der Waals surface area (Å²) in [5, 5.41) is 4.31. The van der Waals surface area contributed by atoms with Gasteiger partial charge in [-0.2, -0.15) is 0 Å². The van der Waals surface area contributed by atoms with Crippen molar-refractivity contribution in [2.75, 3.05) is 20.6 Å². The molecule has 0 radical (unpaired) electrons. The zero-order valence-corrected chi connectivity index (χ0v) is 15.3. The maximum Gasteiger partial charge on any atom is 0.251 e. The number of likely N-dealkylation sites (N-methyl/N-ethyl adjacent to an activating group) is 1. The normalized spacial score (nSPS) is 12.5. The molecule has 3 aromatic rings. The van der Waals surface area contributed by atoms with Crippen molar-refractivity contribution in [1.29, 1.82) is 0 Å². The van der Waals surface area contributed by atoms with E-state index in [0.717, 1.165) is 5.56 Å². The molecule has 0 aliphatic heterocycles. The van der Waals surface area contributed by atoms with Crippen LogP contribution in [-0.2, 0) is 7.05 Å². The summed E-state index contributed by atoms with van der Waals surface area (Å²) < 4.78 is 2.14. The zero-order valence-electron chi connectivity index (χ0n) is 15.3. The molecule has 1 N–H and O–H groups in total. The molecule has 1 atom stereocenters. The fourth-order valence-electron chi connectivity index (χ4n) is 3.21. The van der Waals surface area contributed by atoms with E-state index in [1.807, 2.05) is 45.3 Å². The average Bonchev–Trinajstić information content (AvgIpc) is 2.92. The van der Waals surface area contributed by atoms with Crippen LogP contribution in [0.5, 0.6) is 0 Å². The number of amides is 1. The molecule has 0 saturated heterocycles. The molecule has 0 spiro atoms. The van der Waals surface area contributed by atoms with E-state index >= 15 is 0 Å². The van der Waals surface area contributed by atoms with Crippen molar-refractivity contribution < 1.29 is 4.79 Å². The third kappa shape index (κ3) is 3.59. The fourth-order valence-corrected chi connectivity index (χ4v) is 3.21. The quantitative estimate of drug-likeness (QED) is 0.774. The van der Waals surface area contributed by atoms with Crippen molar-refractivity contribution >= 4 is 16.8 Å². The number of rotatable bonds is 5. The zero-order chi connectivity index (χ0) is 18.0. The lowest BCUT2D eigenvalue weighted by atomic mass is 10.0. The molecule has 25 heavy (non-hydrogen) atoms. The number of nitrogens with zero attached hydrogens (tertiary/aromatic N) is 2. The van der Waals surface area contributed by atoms with E-state index in [9.17, 15) is 4.79 Å². The van der Waals surface area contributed by atoms with E-state index < -0.39 is 0 Å². The summed E-state index contributed by atoms with van der Waals surface area (Å²) in [4.78, 5) is 14.6. The average molecular weight is 335 g/mol. The summed E-state index contributed by atoms with van der Waals surface area (Å²) in [6.07, 6.45) is 2.16. The predicted octanol–water partition coefficient (Wildman–Crippen LogP) is 3.52. The molecule has 130 valence electrons. The van der Waals surface area contributed by atoms with Gasteiger partial charge in [0.05, 0.1) is 6.04 Å². The second-order valence-electron chi connectivity index (χ2n) is 6.77. The molecule has 0 saturated carbocycles. The van der Waals surface area contributed by atoms with Crippen LogP contribution in [0.4, 0.5) is 0 Å². The van der Waals surface area contributed by atoms with E-state index in [0.29, 0.717) is 12.1 Å². The first-order chi connectivity index (χ1) is 12.0. The Balaban J connectivity index is 1.82. The molecule has 0 bridgehead atoms. The molecule has 1 heterocycles. The van der Waals surface area contributed by atoms with E-state index in [-0.39, 0.29) is 11.9 Å². The van der Waals surface area contributed by atoms with Crippen LogP contribution >= 0.6 is 0 Å². The van der Waals surface area contributed by atoms with E-state index in [1.165, 1.54) is 16.5 Å². The van der Waals surface area contributed by atoms with Crippen molar-refractivity contribution in [3.63, 3.8) is 0 Å². The highest BCUT2D eigenvalue weighted by Crippen LogP contribution is 2.28. The summed E-state index contributed by atoms with van der Waals surface area (Å²) in [5.74, 6) is -0.0351. The lowest BCUT2D eigenvalue weighted by molar-refractivity contribution is 0.0942. The Bertz CT molecular complexity index is 878. The Morgan fingerprint density at radius 3 is 2.48 bits per heavy atom. The van der Waals surface area contributed by atoms with Gasteiger partial charge in [-0.1, -0.05) is 35.9 Å². The summed E-state index contributed by atoms with van der Waals surface area (Å²) in [7, 11) is 6.15. The van der Waals surface area contributed by atoms with Crippen LogP contribution in [0.1, 0.15) is 27.5 Å². The number of benzene rings is 2. The third-order valence-corrected chi connectivity index (χ3v) is 4.68. The number of nitrogens with one attached hydrogen (secondary N) is 1. The minimum absolute atomic E-state index is 0.0351. The van der Waals surface area contributed by atoms with Crippen LogP contribution < -0.4 is 5.32 Å². The maximum atomic E-state index is 12.4. The Hall–Kier alpha value is -2.59. The first kappa shape index (κ1) is 17.2. The molecule has 3 rings (SSSR count). The van der Waals surface area contributed by atoms with Crippen molar-refractivity contribution in [2.45, 2.75) is 13.0 Å². The van der Waals surface area contributed by atoms with Gasteiger partial charge in [-0.25, -0.2) is 0 Å². The Kier molecular flexibility index (Phi) is 4.91. The number of hydrogen-bond donors (Lipinski definition) is 1. The molecule has 4 nitrogen and oxygen atoms in total. The van der Waals surface area contributed by atoms with Gasteiger partial charge in [0.15, 0.2) is 0 Å². The minimum atomic E-state index is -0.0351. The van der Waals surface area contributed by atoms with Gasteiger partial charge in [0.25, 0.3) is 5.91 Å². The first-order valence-electron chi connectivity index (χ1n) is 8.52. The van der Waals surface area contributed by atoms with Gasteiger partial charge in [-0.3, -0.25) is 4.79 Å². The number of fused-ring (bicyclic) bond motifs is 1. The van der Waals surface area contributed by atoms with Crippen LogP contribution in [0.25, 0.3) is 10.9 Å². The number of carbonyl (C=O) groups is 1. The molecule has 2 aromatic carbocycles. The van der Waals surface area contributed by atoms with Crippen LogP contribution in [-0.4, -0.2) is 36.0 Å². The second kappa shape index (κ2) is 7.11. The van der Waals surface area contributed by atoms with Gasteiger partial charge < -0.3 is 14.8 Å². The molecule has 1 amide bonds. The third-order valence-electron chi connectivity index (χ3n) is 4.68. The highest BCUT2D eigenvalue weighted by molar-refractivity contribution is 5.94. The topological polar surface area (TPSA) is 37.3 Å². The van der Waals surface area contributed by atoms with Crippen molar-refractivity contribution in [3.8, 4) is 0 Å². The molecular weight excluding hydrogens is 310 g/mol. The summed E-state index contributed by atoms with van der Waals surface area (Å²) in [6.45, 7) is 2.58. The minimum Gasteiger partial charge on any atom is -0.350 e. The second-order valence-corrected chi connectivity index (χ2v) is 6.77. The number of hydrogen-bond acceptors (Lipinski definition) is 2. The van der Waals surface area contributed by atoms with Gasteiger partial charge in [0.2, 0.25) is 0 Å². The van der Waals surface area contributed by atoms with Gasteiger partial charge >= 0.3 is 0 Å². The molecule has 4 heteroatoms. The van der Waals surface area contributed by atoms with E-state index in [1.54, 1.807) is 0 Å². The Morgan fingerprint density at radius 2 is 1.80 bits per heavy atom. The smallest absolute Gasteiger partial charge is 0.251 e. The molecule has 1 aromatic heterocycles. The molecular formula is C21H25N3O. The Labute approximate surface area is 149 Å². The maximum absolute atomic E-state index is 12.4. The van der Waals surface area contributed by atoms with Crippen LogP contribution in [0.3, 0.4) is 0 Å². The highest BCUT2D eigenvalue weighted by atomic mass is 16.1. The lowest BCUT2D eigenvalue weighted by Crippen LogP contribution is -2.34. The standard InChI is InChI=1S/C21H25N3O/c1-15-9-11-16(12-10-15)21(25)22-13-20(23(2)3)18-14-24(4)19-8-6-5-7-17(18)19/h5-12,14,20H,13H2,1-4H3,(H,22,25). The molecule has 0 aliphatic carbocycles. The molecule has 0 aliphatic rings. The monoisotopic (exact) mass is 335 g/mol. The van der Waals surface area contributed by atoms with E-state index in [4.69, 9.17) is 0 Å². The van der Waals surface area contributed by atoms with E-state index in [2.05, 4.69) is 52.3 Å². The lowest BCUT2D eigenvalue weighted by Gasteiger charge is -2.24. The Morgan fingerprint density at radius 1 is 1.12 bits per heavy atom. The fraction of sp³-hybridized carbons (Fsp3) is 0.286. The number of para-hydroxylation sites is 1. The first-order valence-corrected chi connectivity index (χ1v) is 8.52. The van der Waals surface area contributed by atoms with Crippen molar-refractivity contribution in [1.82, 2.24) is 14.8 Å². The molecule has 0 fully saturated rings. The van der Waals surface area contributed by atoms with Gasteiger partial charge in [-0.05, 0) is 44.8 Å². The SMILES string of the molecule is Cc1ccc(C(=O)NCC(c2cn(C)c3ccccc23)N(C)C)cc1. The van der Waals surface area contributed by atoms with Crippen LogP contribution in [0.15, 0.2) is 54.7 Å². The summed E-state index contributed by atoms with van der Waals surface area (Å²) in [6, 6.07) is 16.1. The van der Waals surface area contributed by atoms with Gasteiger partial charge in [-0.15, -0.1) is 0 Å². The van der Waals surface area contributed by atoms with Crippen LogP contribution in [0, 0.1) is 6.92 Å². The van der Waals surface area contributed by atoms with Crippen molar-refractivity contribution in [2.24, 2.45) is 7.05 Å². The predicted molar refractivity (Wildman–Crippen MR) is 103 cm³/mol. The summed E-state index contributed by atoms with van der Waals surface area (Å²) in [5.41, 5.74) is 4.28. The van der Waals surface area contributed by atoms with Gasteiger partial charge in [0.1, 0.15) is 0 Å². The van der Waals surface area contributed by atoms with Gasteiger partial charge in [0, 0.05) is 36.3 Å². The van der Waals surface area contributed by atoms with Crippen LogP contribution in [0.2, 0.25) is 0 Å². The number of aryl methyl sites for hydroxylation is 2. The largest absolute Gasteiger partial charge is 0.350 e. The highest BCUT2D eigenvalue weighted by Gasteiger charge is 2.20. The van der Waals surface area contributed by atoms with Crippen molar-refractivity contribution in [3.05, 3.63) is 71.4 Å². The summed E-state index contributed by atoms with van der Waals surface area (Å²) >= 11 is 0. The number of carbonyl (C=O) groups excluding carboxylic acids is 1. The molecule has 1 unspecified atom stereocenters.